The van der Waals surface area contributed by atoms with Gasteiger partial charge in [0.05, 0.1) is 13.2 Å². The summed E-state index contributed by atoms with van der Waals surface area (Å²) in [5.74, 6) is 0.329. The lowest BCUT2D eigenvalue weighted by Gasteiger charge is -2.16. The van der Waals surface area contributed by atoms with Crippen molar-refractivity contribution >= 4 is 0 Å². The van der Waals surface area contributed by atoms with Crippen LogP contribution in [-0.2, 0) is 6.42 Å². The third kappa shape index (κ3) is 4.00. The molecule has 0 aliphatic carbocycles. The van der Waals surface area contributed by atoms with Crippen LogP contribution in [0.3, 0.4) is 0 Å². The Morgan fingerprint density at radius 2 is 2.12 bits per heavy atom. The number of hydrogen-bond donors (Lipinski definition) is 1. The van der Waals surface area contributed by atoms with E-state index >= 15 is 0 Å². The van der Waals surface area contributed by atoms with E-state index < -0.39 is 6.10 Å². The van der Waals surface area contributed by atoms with Gasteiger partial charge in [0.15, 0.2) is 11.6 Å². The third-order valence-electron chi connectivity index (χ3n) is 3.09. The van der Waals surface area contributed by atoms with E-state index in [4.69, 9.17) is 4.74 Å². The summed E-state index contributed by atoms with van der Waals surface area (Å²) in [4.78, 5) is 0. The molecule has 0 heterocycles. The van der Waals surface area contributed by atoms with Crippen molar-refractivity contribution in [3.63, 3.8) is 0 Å². The zero-order valence-electron chi connectivity index (χ0n) is 10.7. The van der Waals surface area contributed by atoms with Crippen LogP contribution in [0.5, 0.6) is 5.75 Å². The van der Waals surface area contributed by atoms with Gasteiger partial charge in [0.25, 0.3) is 0 Å². The first-order chi connectivity index (χ1) is 8.08. The second-order valence-electron chi connectivity index (χ2n) is 4.54. The summed E-state index contributed by atoms with van der Waals surface area (Å²) in [5.41, 5.74) is 0.514. The minimum absolute atomic E-state index is 0.234. The zero-order chi connectivity index (χ0) is 12.8. The molecule has 0 saturated carbocycles. The van der Waals surface area contributed by atoms with Crippen LogP contribution in [0.2, 0.25) is 0 Å². The number of halogens is 1. The summed E-state index contributed by atoms with van der Waals surface area (Å²) in [5, 5.41) is 9.88. The van der Waals surface area contributed by atoms with Gasteiger partial charge >= 0.3 is 0 Å². The topological polar surface area (TPSA) is 29.5 Å². The van der Waals surface area contributed by atoms with Crippen molar-refractivity contribution in [3.8, 4) is 5.75 Å². The molecular weight excluding hydrogens is 219 g/mol. The molecule has 2 nitrogen and oxygen atoms in total. The molecule has 0 aliphatic heterocycles. The lowest BCUT2D eigenvalue weighted by atomic mass is 9.96. The Kier molecular flexibility index (Phi) is 5.42. The normalized spacial score (nSPS) is 14.4. The average molecular weight is 240 g/mol. The lowest BCUT2D eigenvalue weighted by molar-refractivity contribution is 0.143. The van der Waals surface area contributed by atoms with Gasteiger partial charge < -0.3 is 9.84 Å². The molecule has 0 radical (unpaired) electrons. The fraction of sp³-hybridized carbons (Fsp3) is 0.571. The molecule has 0 spiro atoms. The molecule has 2 atom stereocenters. The van der Waals surface area contributed by atoms with Crippen molar-refractivity contribution in [2.75, 3.05) is 7.11 Å². The highest BCUT2D eigenvalue weighted by atomic mass is 19.1. The van der Waals surface area contributed by atoms with Gasteiger partial charge in [-0.15, -0.1) is 0 Å². The Labute approximate surface area is 102 Å². The second-order valence-corrected chi connectivity index (χ2v) is 4.54. The van der Waals surface area contributed by atoms with Crippen molar-refractivity contribution in [3.05, 3.63) is 29.6 Å². The van der Waals surface area contributed by atoms with Crippen LogP contribution in [0.25, 0.3) is 0 Å². The molecule has 3 heteroatoms. The standard InChI is InChI=1S/C14H21FO2/c1-4-10(2)8-12(16)9-11-6-5-7-13(17-3)14(11)15/h5-7,10,12,16H,4,8-9H2,1-3H3. The molecule has 0 fully saturated rings. The van der Waals surface area contributed by atoms with Crippen molar-refractivity contribution < 1.29 is 14.2 Å². The van der Waals surface area contributed by atoms with Gasteiger partial charge in [0, 0.05) is 6.42 Å². The SMILES string of the molecule is CCC(C)CC(O)Cc1cccc(OC)c1F. The Balaban J connectivity index is 2.68. The minimum Gasteiger partial charge on any atom is -0.494 e. The number of hydrogen-bond acceptors (Lipinski definition) is 2. The average Bonchev–Trinajstić information content (AvgIpc) is 2.31. The fourth-order valence-electron chi connectivity index (χ4n) is 1.84. The van der Waals surface area contributed by atoms with Crippen LogP contribution >= 0.6 is 0 Å². The number of methoxy groups -OCH3 is 1. The highest BCUT2D eigenvalue weighted by Gasteiger charge is 2.14. The maximum absolute atomic E-state index is 13.8. The molecule has 0 saturated heterocycles. The minimum atomic E-state index is -0.494. The molecule has 0 amide bonds. The monoisotopic (exact) mass is 240 g/mol. The van der Waals surface area contributed by atoms with Crippen LogP contribution in [0.1, 0.15) is 32.3 Å². The third-order valence-corrected chi connectivity index (χ3v) is 3.09. The van der Waals surface area contributed by atoms with Gasteiger partial charge in [0.2, 0.25) is 0 Å². The molecule has 17 heavy (non-hydrogen) atoms. The Morgan fingerprint density at radius 1 is 1.41 bits per heavy atom. The molecular formula is C14H21FO2. The maximum atomic E-state index is 13.8. The van der Waals surface area contributed by atoms with Gasteiger partial charge in [-0.1, -0.05) is 32.4 Å². The predicted molar refractivity (Wildman–Crippen MR) is 66.7 cm³/mol. The van der Waals surface area contributed by atoms with Crippen molar-refractivity contribution in [2.24, 2.45) is 5.92 Å². The lowest BCUT2D eigenvalue weighted by Crippen LogP contribution is -2.15. The smallest absolute Gasteiger partial charge is 0.168 e. The number of aliphatic hydroxyl groups is 1. The fourth-order valence-corrected chi connectivity index (χ4v) is 1.84. The number of benzene rings is 1. The van der Waals surface area contributed by atoms with E-state index in [1.807, 2.05) is 0 Å². The number of aliphatic hydroxyl groups excluding tert-OH is 1. The van der Waals surface area contributed by atoms with E-state index in [2.05, 4.69) is 13.8 Å². The van der Waals surface area contributed by atoms with E-state index in [9.17, 15) is 9.50 Å². The highest BCUT2D eigenvalue weighted by Crippen LogP contribution is 2.22. The second kappa shape index (κ2) is 6.60. The first-order valence-corrected chi connectivity index (χ1v) is 6.07. The highest BCUT2D eigenvalue weighted by molar-refractivity contribution is 5.31. The van der Waals surface area contributed by atoms with Crippen LogP contribution < -0.4 is 4.74 Å². The molecule has 1 N–H and O–H groups in total. The molecule has 1 rings (SSSR count). The van der Waals surface area contributed by atoms with Crippen LogP contribution in [0.4, 0.5) is 4.39 Å². The van der Waals surface area contributed by atoms with E-state index in [1.165, 1.54) is 7.11 Å². The van der Waals surface area contributed by atoms with Gasteiger partial charge in [-0.05, 0) is 24.0 Å². The summed E-state index contributed by atoms with van der Waals surface area (Å²) in [6.07, 6.45) is 1.57. The summed E-state index contributed by atoms with van der Waals surface area (Å²) in [6.45, 7) is 4.18. The Bertz CT molecular complexity index is 352. The zero-order valence-corrected chi connectivity index (χ0v) is 10.7. The van der Waals surface area contributed by atoms with Crippen molar-refractivity contribution in [1.82, 2.24) is 0 Å². The van der Waals surface area contributed by atoms with Crippen molar-refractivity contribution in [1.29, 1.82) is 0 Å². The quantitative estimate of drug-likeness (QED) is 0.827. The van der Waals surface area contributed by atoms with E-state index in [0.29, 0.717) is 24.3 Å². The molecule has 1 aromatic carbocycles. The van der Waals surface area contributed by atoms with Gasteiger partial charge in [0.1, 0.15) is 0 Å². The van der Waals surface area contributed by atoms with E-state index in [0.717, 1.165) is 6.42 Å². The summed E-state index contributed by atoms with van der Waals surface area (Å²) in [7, 11) is 1.44. The van der Waals surface area contributed by atoms with E-state index in [-0.39, 0.29) is 11.6 Å². The number of ether oxygens (including phenoxy) is 1. The largest absolute Gasteiger partial charge is 0.494 e. The van der Waals surface area contributed by atoms with Crippen LogP contribution in [0.15, 0.2) is 18.2 Å². The van der Waals surface area contributed by atoms with E-state index in [1.54, 1.807) is 18.2 Å². The van der Waals surface area contributed by atoms with Crippen molar-refractivity contribution in [2.45, 2.75) is 39.2 Å². The molecule has 0 aliphatic rings. The molecule has 2 unspecified atom stereocenters. The van der Waals surface area contributed by atoms with Gasteiger partial charge in [-0.2, -0.15) is 0 Å². The molecule has 1 aromatic rings. The summed E-state index contributed by atoms with van der Waals surface area (Å²) < 4.78 is 18.7. The molecule has 96 valence electrons. The van der Waals surface area contributed by atoms with Crippen LogP contribution in [0, 0.1) is 11.7 Å². The summed E-state index contributed by atoms with van der Waals surface area (Å²) >= 11 is 0. The first-order valence-electron chi connectivity index (χ1n) is 6.07. The number of rotatable bonds is 6. The van der Waals surface area contributed by atoms with Crippen LogP contribution in [-0.4, -0.2) is 18.3 Å². The molecule has 0 bridgehead atoms. The Morgan fingerprint density at radius 3 is 2.71 bits per heavy atom. The van der Waals surface area contributed by atoms with Gasteiger partial charge in [-0.3, -0.25) is 0 Å². The first kappa shape index (κ1) is 14.0. The Hall–Kier alpha value is -1.09. The predicted octanol–water partition coefficient (Wildman–Crippen LogP) is 3.17. The van der Waals surface area contributed by atoms with Gasteiger partial charge in [-0.25, -0.2) is 4.39 Å². The maximum Gasteiger partial charge on any atom is 0.168 e. The molecule has 0 aromatic heterocycles. The summed E-state index contributed by atoms with van der Waals surface area (Å²) in [6, 6.07) is 5.02.